The number of aliphatic hydroxyl groups excluding tert-OH is 2. The summed E-state index contributed by atoms with van der Waals surface area (Å²) in [5.41, 5.74) is 7.97. The first kappa shape index (κ1) is 14.7. The maximum Gasteiger partial charge on any atom is 0.0816 e. The van der Waals surface area contributed by atoms with E-state index in [2.05, 4.69) is 13.2 Å². The lowest BCUT2D eigenvalue weighted by Gasteiger charge is -2.46. The summed E-state index contributed by atoms with van der Waals surface area (Å²) in [7, 11) is 0. The molecule has 0 aliphatic heterocycles. The third-order valence-corrected chi connectivity index (χ3v) is 4.21. The maximum absolute atomic E-state index is 10.3. The molecule has 0 radical (unpaired) electrons. The molecule has 3 heteroatoms. The van der Waals surface area contributed by atoms with Gasteiger partial charge in [-0.2, -0.15) is 0 Å². The van der Waals surface area contributed by atoms with Gasteiger partial charge in [-0.25, -0.2) is 0 Å². The van der Waals surface area contributed by atoms with Crippen molar-refractivity contribution in [3.63, 3.8) is 0 Å². The molecule has 0 aromatic rings. The maximum atomic E-state index is 10.3. The number of allylic oxidation sites excluding steroid dienone is 2. The fourth-order valence-electron chi connectivity index (χ4n) is 2.79. The molecule has 1 aliphatic carbocycles. The summed E-state index contributed by atoms with van der Waals surface area (Å²) < 4.78 is 0. The van der Waals surface area contributed by atoms with E-state index in [4.69, 9.17) is 5.73 Å². The summed E-state index contributed by atoms with van der Waals surface area (Å²) >= 11 is 0. The monoisotopic (exact) mass is 249 g/mol. The topological polar surface area (TPSA) is 66.5 Å². The third kappa shape index (κ3) is 2.04. The molecule has 0 saturated heterocycles. The zero-order valence-electron chi connectivity index (χ0n) is 11.4. The quantitative estimate of drug-likeness (QED) is 0.667. The predicted octanol–water partition coefficient (Wildman–Crippen LogP) is 1.90. The molecule has 0 spiro atoms. The fraction of sp³-hybridized carbons (Fsp3) is 0.467. The summed E-state index contributed by atoms with van der Waals surface area (Å²) in [6.07, 6.45) is 3.21. The van der Waals surface area contributed by atoms with Crippen molar-refractivity contribution in [2.24, 2.45) is 17.1 Å². The predicted molar refractivity (Wildman–Crippen MR) is 74.6 cm³/mol. The Morgan fingerprint density at radius 2 is 1.89 bits per heavy atom. The first-order valence-electron chi connectivity index (χ1n) is 6.06. The standard InChI is InChI=1S/C15H23NO2/c1-6-12(17)14-11(16)8-9(3)10(4)15(14,5)13(18)7-2/h6-8,12-14,17-18H,1-2,16H2,3-5H3. The highest BCUT2D eigenvalue weighted by molar-refractivity contribution is 5.40. The van der Waals surface area contributed by atoms with Gasteiger partial charge in [-0.05, 0) is 25.5 Å². The van der Waals surface area contributed by atoms with E-state index in [1.165, 1.54) is 12.2 Å². The van der Waals surface area contributed by atoms with E-state index >= 15 is 0 Å². The molecule has 0 saturated carbocycles. The van der Waals surface area contributed by atoms with Gasteiger partial charge in [0, 0.05) is 17.0 Å². The molecule has 0 amide bonds. The minimum Gasteiger partial charge on any atom is -0.402 e. The Morgan fingerprint density at radius 3 is 2.33 bits per heavy atom. The molecule has 1 aliphatic rings. The molecule has 4 unspecified atom stereocenters. The summed E-state index contributed by atoms with van der Waals surface area (Å²) in [6, 6.07) is 0. The van der Waals surface area contributed by atoms with Gasteiger partial charge in [-0.15, -0.1) is 13.2 Å². The largest absolute Gasteiger partial charge is 0.402 e. The van der Waals surface area contributed by atoms with Gasteiger partial charge in [0.2, 0.25) is 0 Å². The molecule has 1 rings (SSSR count). The lowest BCUT2D eigenvalue weighted by atomic mass is 9.61. The first-order chi connectivity index (χ1) is 8.30. The Labute approximate surface area is 109 Å². The van der Waals surface area contributed by atoms with Crippen LogP contribution in [0.4, 0.5) is 0 Å². The number of hydrogen-bond donors (Lipinski definition) is 3. The molecular formula is C15H23NO2. The van der Waals surface area contributed by atoms with Gasteiger partial charge < -0.3 is 15.9 Å². The van der Waals surface area contributed by atoms with Crippen molar-refractivity contribution in [1.82, 2.24) is 0 Å². The van der Waals surface area contributed by atoms with E-state index in [0.29, 0.717) is 5.70 Å². The average molecular weight is 249 g/mol. The summed E-state index contributed by atoms with van der Waals surface area (Å²) in [5.74, 6) is -0.397. The van der Waals surface area contributed by atoms with E-state index in [0.717, 1.165) is 11.1 Å². The molecule has 3 nitrogen and oxygen atoms in total. The van der Waals surface area contributed by atoms with E-state index in [1.807, 2.05) is 26.8 Å². The van der Waals surface area contributed by atoms with Crippen molar-refractivity contribution in [3.8, 4) is 0 Å². The second-order valence-electron chi connectivity index (χ2n) is 5.12. The molecule has 0 aromatic carbocycles. The number of rotatable bonds is 4. The van der Waals surface area contributed by atoms with Crippen molar-refractivity contribution >= 4 is 0 Å². The Hall–Kier alpha value is -1.32. The highest BCUT2D eigenvalue weighted by Crippen LogP contribution is 2.48. The van der Waals surface area contributed by atoms with Gasteiger partial charge in [0.05, 0.1) is 12.2 Å². The molecule has 0 aromatic heterocycles. The van der Waals surface area contributed by atoms with Crippen LogP contribution in [0.5, 0.6) is 0 Å². The third-order valence-electron chi connectivity index (χ3n) is 4.21. The van der Waals surface area contributed by atoms with Crippen LogP contribution in [0.2, 0.25) is 0 Å². The second-order valence-corrected chi connectivity index (χ2v) is 5.12. The van der Waals surface area contributed by atoms with Gasteiger partial charge in [0.1, 0.15) is 0 Å². The van der Waals surface area contributed by atoms with Gasteiger partial charge >= 0.3 is 0 Å². The van der Waals surface area contributed by atoms with Crippen LogP contribution >= 0.6 is 0 Å². The van der Waals surface area contributed by atoms with Crippen molar-refractivity contribution in [3.05, 3.63) is 48.2 Å². The van der Waals surface area contributed by atoms with Crippen molar-refractivity contribution in [2.75, 3.05) is 0 Å². The highest BCUT2D eigenvalue weighted by atomic mass is 16.3. The van der Waals surface area contributed by atoms with E-state index in [1.54, 1.807) is 0 Å². The molecule has 0 fully saturated rings. The van der Waals surface area contributed by atoms with Crippen LogP contribution in [0.1, 0.15) is 20.8 Å². The van der Waals surface area contributed by atoms with Crippen molar-refractivity contribution in [1.29, 1.82) is 0 Å². The Morgan fingerprint density at radius 1 is 1.33 bits per heavy atom. The fourth-order valence-corrected chi connectivity index (χ4v) is 2.79. The molecule has 0 bridgehead atoms. The molecule has 100 valence electrons. The van der Waals surface area contributed by atoms with Crippen molar-refractivity contribution < 1.29 is 10.2 Å². The Balaban J connectivity index is 3.43. The van der Waals surface area contributed by atoms with Gasteiger partial charge in [0.25, 0.3) is 0 Å². The van der Waals surface area contributed by atoms with Gasteiger partial charge in [-0.3, -0.25) is 0 Å². The number of aliphatic hydroxyl groups is 2. The zero-order chi connectivity index (χ0) is 14.1. The zero-order valence-corrected chi connectivity index (χ0v) is 11.4. The minimum absolute atomic E-state index is 0.397. The van der Waals surface area contributed by atoms with Gasteiger partial charge in [0.15, 0.2) is 0 Å². The Bertz CT molecular complexity index is 422. The summed E-state index contributed by atoms with van der Waals surface area (Å²) in [6.45, 7) is 13.1. The van der Waals surface area contributed by atoms with Crippen molar-refractivity contribution in [2.45, 2.75) is 33.0 Å². The van der Waals surface area contributed by atoms with Gasteiger partial charge in [-0.1, -0.05) is 24.6 Å². The van der Waals surface area contributed by atoms with E-state index < -0.39 is 23.5 Å². The van der Waals surface area contributed by atoms with Crippen LogP contribution in [-0.4, -0.2) is 22.4 Å². The van der Waals surface area contributed by atoms with E-state index in [9.17, 15) is 10.2 Å². The van der Waals surface area contributed by atoms with Crippen LogP contribution in [0.15, 0.2) is 48.2 Å². The molecular weight excluding hydrogens is 226 g/mol. The first-order valence-corrected chi connectivity index (χ1v) is 6.06. The lowest BCUT2D eigenvalue weighted by Crippen LogP contribution is -2.48. The van der Waals surface area contributed by atoms with E-state index in [-0.39, 0.29) is 0 Å². The SMILES string of the molecule is C=CC(O)C1C(N)=CC(C)=C(C)C1(C)C(O)C=C. The van der Waals surface area contributed by atoms with Crippen LogP contribution in [-0.2, 0) is 0 Å². The molecule has 18 heavy (non-hydrogen) atoms. The smallest absolute Gasteiger partial charge is 0.0816 e. The second kappa shape index (κ2) is 5.12. The number of hydrogen-bond acceptors (Lipinski definition) is 3. The summed E-state index contributed by atoms with van der Waals surface area (Å²) in [4.78, 5) is 0. The van der Waals surface area contributed by atoms with Crippen LogP contribution in [0, 0.1) is 11.3 Å². The van der Waals surface area contributed by atoms with Crippen LogP contribution in [0.3, 0.4) is 0 Å². The Kier molecular flexibility index (Phi) is 4.20. The molecule has 4 N–H and O–H groups in total. The number of nitrogens with two attached hydrogens (primary N) is 1. The molecule has 0 heterocycles. The lowest BCUT2D eigenvalue weighted by molar-refractivity contribution is 0.0163. The normalized spacial score (nSPS) is 31.6. The average Bonchev–Trinajstić information content (AvgIpc) is 2.34. The minimum atomic E-state index is -0.802. The molecule has 4 atom stereocenters. The highest BCUT2D eigenvalue weighted by Gasteiger charge is 2.47. The van der Waals surface area contributed by atoms with Crippen LogP contribution in [0.25, 0.3) is 0 Å². The van der Waals surface area contributed by atoms with Crippen LogP contribution < -0.4 is 5.73 Å². The summed E-state index contributed by atoms with van der Waals surface area (Å²) in [5, 5.41) is 20.4.